The fourth-order valence-electron chi connectivity index (χ4n) is 1.39. The topological polar surface area (TPSA) is 3.24 Å². The first-order valence-corrected chi connectivity index (χ1v) is 6.24. The first kappa shape index (κ1) is 15.5. The van der Waals surface area contributed by atoms with Crippen molar-refractivity contribution < 1.29 is 0 Å². The van der Waals surface area contributed by atoms with Crippen LogP contribution in [0.5, 0.6) is 0 Å². The molecule has 1 heteroatoms. The largest absolute Gasteiger partial charge is 0.376 e. The Labute approximate surface area is 106 Å². The average Bonchev–Trinajstić information content (AvgIpc) is 2.33. The number of nitrogens with zero attached hydrogens (tertiary/aromatic N) is 1. The van der Waals surface area contributed by atoms with Gasteiger partial charge in [0.15, 0.2) is 0 Å². The fraction of sp³-hybridized carbons (Fsp3) is 0.375. The summed E-state index contributed by atoms with van der Waals surface area (Å²) in [7, 11) is 2.08. The van der Waals surface area contributed by atoms with Gasteiger partial charge in [-0.1, -0.05) is 61.4 Å². The van der Waals surface area contributed by atoms with E-state index in [0.29, 0.717) is 0 Å². The zero-order chi connectivity index (χ0) is 13.1. The highest BCUT2D eigenvalue weighted by Crippen LogP contribution is 2.02. The van der Waals surface area contributed by atoms with Crippen molar-refractivity contribution in [3.63, 3.8) is 0 Å². The average molecular weight is 231 g/mol. The predicted octanol–water partition coefficient (Wildman–Crippen LogP) is 4.41. The van der Waals surface area contributed by atoms with Crippen LogP contribution in [0.3, 0.4) is 0 Å². The Kier molecular flexibility index (Phi) is 8.85. The van der Waals surface area contributed by atoms with E-state index in [4.69, 9.17) is 0 Å². The zero-order valence-electron chi connectivity index (χ0n) is 11.8. The van der Waals surface area contributed by atoms with Crippen LogP contribution in [0.2, 0.25) is 0 Å². The Bertz CT molecular complexity index is 336. The van der Waals surface area contributed by atoms with E-state index < -0.39 is 0 Å². The first-order chi connectivity index (χ1) is 8.18. The summed E-state index contributed by atoms with van der Waals surface area (Å²) in [4.78, 5) is 2.16. The molecule has 0 saturated heterocycles. The molecule has 2 rings (SSSR count). The summed E-state index contributed by atoms with van der Waals surface area (Å²) in [6, 6.07) is 10.3. The van der Waals surface area contributed by atoms with E-state index in [2.05, 4.69) is 56.3 Å². The van der Waals surface area contributed by atoms with Gasteiger partial charge < -0.3 is 4.90 Å². The minimum atomic E-state index is 1.08. The molecule has 1 aliphatic rings. The summed E-state index contributed by atoms with van der Waals surface area (Å²) in [5, 5.41) is 0. The van der Waals surface area contributed by atoms with Crippen molar-refractivity contribution in [3.05, 3.63) is 59.8 Å². The molecule has 0 aromatic heterocycles. The number of benzene rings is 1. The van der Waals surface area contributed by atoms with E-state index in [-0.39, 0.29) is 0 Å². The molecule has 17 heavy (non-hydrogen) atoms. The number of rotatable bonds is 0. The number of aryl methyl sites for hydroxylation is 1. The number of hydrogen-bond acceptors (Lipinski definition) is 1. The molecule has 0 radical (unpaired) electrons. The number of allylic oxidation sites excluding steroid dienone is 2. The molecule has 0 saturated carbocycles. The van der Waals surface area contributed by atoms with E-state index in [9.17, 15) is 0 Å². The second-order valence-corrected chi connectivity index (χ2v) is 3.92. The molecule has 1 nitrogen and oxygen atoms in total. The molecule has 1 aliphatic heterocycles. The lowest BCUT2D eigenvalue weighted by molar-refractivity contribution is 0.491. The Hall–Kier alpha value is -1.50. The van der Waals surface area contributed by atoms with Crippen molar-refractivity contribution in [2.24, 2.45) is 0 Å². The molecule has 1 aromatic carbocycles. The molecule has 1 aromatic rings. The maximum atomic E-state index is 2.16. The highest BCUT2D eigenvalue weighted by Gasteiger charge is 1.94. The van der Waals surface area contributed by atoms with E-state index >= 15 is 0 Å². The zero-order valence-corrected chi connectivity index (χ0v) is 11.8. The van der Waals surface area contributed by atoms with Crippen LogP contribution in [-0.4, -0.2) is 18.5 Å². The quantitative estimate of drug-likeness (QED) is 0.639. The van der Waals surface area contributed by atoms with Gasteiger partial charge in [0.1, 0.15) is 0 Å². The Morgan fingerprint density at radius 3 is 1.88 bits per heavy atom. The van der Waals surface area contributed by atoms with E-state index in [1.54, 1.807) is 0 Å². The third kappa shape index (κ3) is 8.32. The Morgan fingerprint density at radius 1 is 1.00 bits per heavy atom. The standard InChI is InChI=1S/C7H11N.C7H8.C2H6/c1-7-4-3-5-8(2)6-7;1-7-5-3-2-4-6-7;1-2/h3-5H,6H2,1-2H3;2-6H,1H3;1-2H3. The van der Waals surface area contributed by atoms with Crippen molar-refractivity contribution in [3.8, 4) is 0 Å². The second-order valence-electron chi connectivity index (χ2n) is 3.92. The van der Waals surface area contributed by atoms with Crippen molar-refractivity contribution in [2.75, 3.05) is 13.6 Å². The lowest BCUT2D eigenvalue weighted by Gasteiger charge is -2.16. The molecule has 0 aliphatic carbocycles. The molecule has 0 unspecified atom stereocenters. The molecule has 0 fully saturated rings. The van der Waals surface area contributed by atoms with Crippen LogP contribution < -0.4 is 0 Å². The van der Waals surface area contributed by atoms with Gasteiger partial charge in [-0.25, -0.2) is 0 Å². The van der Waals surface area contributed by atoms with E-state index in [0.717, 1.165) is 6.54 Å². The van der Waals surface area contributed by atoms with Gasteiger partial charge in [-0.2, -0.15) is 0 Å². The molecular weight excluding hydrogens is 206 g/mol. The lowest BCUT2D eigenvalue weighted by atomic mass is 10.2. The highest BCUT2D eigenvalue weighted by molar-refractivity contribution is 5.16. The molecule has 94 valence electrons. The summed E-state index contributed by atoms with van der Waals surface area (Å²) in [5.41, 5.74) is 2.75. The summed E-state index contributed by atoms with van der Waals surface area (Å²) < 4.78 is 0. The lowest BCUT2D eigenvalue weighted by Crippen LogP contribution is -2.14. The summed E-state index contributed by atoms with van der Waals surface area (Å²) >= 11 is 0. The molecule has 0 spiro atoms. The molecule has 0 amide bonds. The van der Waals surface area contributed by atoms with Crippen LogP contribution in [0.1, 0.15) is 26.3 Å². The van der Waals surface area contributed by atoms with Gasteiger partial charge in [0.05, 0.1) is 0 Å². The van der Waals surface area contributed by atoms with Crippen molar-refractivity contribution in [2.45, 2.75) is 27.7 Å². The van der Waals surface area contributed by atoms with E-state index in [1.807, 2.05) is 32.0 Å². The summed E-state index contributed by atoms with van der Waals surface area (Å²) in [6.45, 7) is 9.30. The van der Waals surface area contributed by atoms with Gasteiger partial charge in [0.2, 0.25) is 0 Å². The summed E-state index contributed by atoms with van der Waals surface area (Å²) in [6.07, 6.45) is 6.28. The third-order valence-corrected chi connectivity index (χ3v) is 2.16. The number of hydrogen-bond donors (Lipinski definition) is 0. The second kappa shape index (κ2) is 9.71. The van der Waals surface area contributed by atoms with Crippen LogP contribution >= 0.6 is 0 Å². The maximum absolute atomic E-state index is 2.16. The van der Waals surface area contributed by atoms with Crippen molar-refractivity contribution >= 4 is 0 Å². The van der Waals surface area contributed by atoms with E-state index in [1.165, 1.54) is 11.1 Å². The minimum absolute atomic E-state index is 1.08. The van der Waals surface area contributed by atoms with Gasteiger partial charge in [-0.3, -0.25) is 0 Å². The first-order valence-electron chi connectivity index (χ1n) is 6.24. The van der Waals surface area contributed by atoms with Crippen LogP contribution in [0, 0.1) is 6.92 Å². The third-order valence-electron chi connectivity index (χ3n) is 2.16. The van der Waals surface area contributed by atoms with Gasteiger partial charge in [-0.15, -0.1) is 0 Å². The minimum Gasteiger partial charge on any atom is -0.376 e. The molecular formula is C16H25N. The molecule has 1 heterocycles. The van der Waals surface area contributed by atoms with Crippen molar-refractivity contribution in [1.82, 2.24) is 4.90 Å². The van der Waals surface area contributed by atoms with Gasteiger partial charge in [0, 0.05) is 13.6 Å². The Morgan fingerprint density at radius 2 is 1.59 bits per heavy atom. The smallest absolute Gasteiger partial charge is 0.0380 e. The molecule has 0 bridgehead atoms. The highest BCUT2D eigenvalue weighted by atomic mass is 15.1. The predicted molar refractivity (Wildman–Crippen MR) is 78.1 cm³/mol. The van der Waals surface area contributed by atoms with Gasteiger partial charge in [0.25, 0.3) is 0 Å². The monoisotopic (exact) mass is 231 g/mol. The van der Waals surface area contributed by atoms with Crippen molar-refractivity contribution in [1.29, 1.82) is 0 Å². The molecule has 0 N–H and O–H groups in total. The van der Waals surface area contributed by atoms with Gasteiger partial charge >= 0.3 is 0 Å². The normalized spacial score (nSPS) is 12.8. The Balaban J connectivity index is 0.000000265. The fourth-order valence-corrected chi connectivity index (χ4v) is 1.39. The maximum Gasteiger partial charge on any atom is 0.0380 e. The van der Waals surface area contributed by atoms with Crippen LogP contribution in [0.15, 0.2) is 54.3 Å². The van der Waals surface area contributed by atoms with Crippen LogP contribution in [-0.2, 0) is 0 Å². The van der Waals surface area contributed by atoms with Crippen LogP contribution in [0.4, 0.5) is 0 Å². The van der Waals surface area contributed by atoms with Crippen LogP contribution in [0.25, 0.3) is 0 Å². The number of likely N-dealkylation sites (N-methyl/N-ethyl adjacent to an activating group) is 1. The van der Waals surface area contributed by atoms with Gasteiger partial charge in [-0.05, 0) is 26.1 Å². The summed E-state index contributed by atoms with van der Waals surface area (Å²) in [5.74, 6) is 0. The SMILES string of the molecule is CC.CC1=CC=CN(C)C1.Cc1ccccc1. The molecule has 0 atom stereocenters.